The van der Waals surface area contributed by atoms with Crippen LogP contribution in [-0.4, -0.2) is 47.5 Å². The molecule has 0 radical (unpaired) electrons. The summed E-state index contributed by atoms with van der Waals surface area (Å²) < 4.78 is 11.4. The molecule has 2 aliphatic heterocycles. The van der Waals surface area contributed by atoms with E-state index in [1.54, 1.807) is 13.2 Å². The summed E-state index contributed by atoms with van der Waals surface area (Å²) in [5.74, 6) is 0.554. The van der Waals surface area contributed by atoms with E-state index in [0.29, 0.717) is 25.0 Å². The Labute approximate surface area is 219 Å². The van der Waals surface area contributed by atoms with Crippen LogP contribution in [0.2, 0.25) is 0 Å². The Bertz CT molecular complexity index is 1150. The lowest BCUT2D eigenvalue weighted by molar-refractivity contribution is -0.133. The first-order valence-electron chi connectivity index (χ1n) is 13.0. The second-order valence-electron chi connectivity index (χ2n) is 10.5. The topological polar surface area (TPSA) is 104 Å². The molecule has 4 rings (SSSR count). The van der Waals surface area contributed by atoms with Crippen LogP contribution < -0.4 is 15.4 Å². The van der Waals surface area contributed by atoms with Crippen molar-refractivity contribution in [3.63, 3.8) is 0 Å². The third-order valence-corrected chi connectivity index (χ3v) is 7.75. The molecule has 198 valence electrons. The highest BCUT2D eigenvalue weighted by molar-refractivity contribution is 6.00. The van der Waals surface area contributed by atoms with E-state index in [1.807, 2.05) is 70.2 Å². The zero-order chi connectivity index (χ0) is 26.8. The van der Waals surface area contributed by atoms with Crippen molar-refractivity contribution in [3.05, 3.63) is 65.2 Å². The molecular formula is C29H38N4O4. The highest BCUT2D eigenvalue weighted by Crippen LogP contribution is 2.43. The molecule has 2 aromatic rings. The van der Waals surface area contributed by atoms with Crippen molar-refractivity contribution in [1.82, 2.24) is 15.5 Å². The molecule has 0 spiro atoms. The first-order chi connectivity index (χ1) is 17.6. The third kappa shape index (κ3) is 5.21. The number of methoxy groups -OCH3 is 1. The molecule has 0 bridgehead atoms. The number of guanidine groups is 1. The van der Waals surface area contributed by atoms with Gasteiger partial charge in [-0.2, -0.15) is 0 Å². The summed E-state index contributed by atoms with van der Waals surface area (Å²) in [5.41, 5.74) is 1.23. The third-order valence-electron chi connectivity index (χ3n) is 7.75. The van der Waals surface area contributed by atoms with Gasteiger partial charge in [-0.3, -0.25) is 19.9 Å². The molecule has 0 aliphatic carbocycles. The number of carbonyl (C=O) groups excluding carboxylic acids is 2. The zero-order valence-electron chi connectivity index (χ0n) is 22.4. The lowest BCUT2D eigenvalue weighted by Gasteiger charge is -2.45. The summed E-state index contributed by atoms with van der Waals surface area (Å²) in [6.07, 6.45) is 2.34. The zero-order valence-corrected chi connectivity index (χ0v) is 22.4. The molecule has 1 saturated heterocycles. The van der Waals surface area contributed by atoms with Crippen molar-refractivity contribution in [2.45, 2.75) is 76.6 Å². The summed E-state index contributed by atoms with van der Waals surface area (Å²) >= 11 is 0. The molecule has 2 heterocycles. The number of nitrogens with zero attached hydrogens (tertiary/aromatic N) is 1. The lowest BCUT2D eigenvalue weighted by atomic mass is 9.86. The monoisotopic (exact) mass is 506 g/mol. The maximum absolute atomic E-state index is 13.4. The number of hydrogen-bond donors (Lipinski definition) is 3. The molecule has 2 amide bonds. The second kappa shape index (κ2) is 10.5. The van der Waals surface area contributed by atoms with Crippen LogP contribution >= 0.6 is 0 Å². The van der Waals surface area contributed by atoms with Gasteiger partial charge in [0.15, 0.2) is 5.96 Å². The van der Waals surface area contributed by atoms with E-state index in [2.05, 4.69) is 10.6 Å². The van der Waals surface area contributed by atoms with Gasteiger partial charge in [0.1, 0.15) is 11.4 Å². The highest BCUT2D eigenvalue weighted by atomic mass is 16.5. The van der Waals surface area contributed by atoms with Crippen molar-refractivity contribution in [2.75, 3.05) is 13.7 Å². The minimum Gasteiger partial charge on any atom is -0.485 e. The number of ether oxygens (including phenoxy) is 2. The summed E-state index contributed by atoms with van der Waals surface area (Å²) in [4.78, 5) is 28.3. The van der Waals surface area contributed by atoms with Gasteiger partial charge < -0.3 is 20.1 Å². The predicted molar refractivity (Wildman–Crippen MR) is 143 cm³/mol. The fraction of sp³-hybridized carbons (Fsp3) is 0.483. The molecule has 2 atom stereocenters. The van der Waals surface area contributed by atoms with Crippen molar-refractivity contribution in [3.8, 4) is 5.75 Å². The minimum absolute atomic E-state index is 0.0927. The Hall–Kier alpha value is -3.39. The molecule has 8 nitrogen and oxygen atoms in total. The SMILES string of the molecule is CCC1(CC)CC(=O)N([C@H](CCOC)c2cccc(C(=O)N[C@H]3c4ccccc4OC3(C)C)c2)C(=N)N1. The molecule has 0 saturated carbocycles. The molecule has 0 unspecified atom stereocenters. The standard InChI is InChI=1S/C29H38N4O4/c1-6-29(7-2)18-24(34)33(27(30)32-29)22(15-16-36-5)19-11-10-12-20(17-19)26(35)31-25-21-13-8-9-14-23(21)37-28(25,3)4/h8-14,17,22,25H,6-7,15-16,18H2,1-5H3,(H2,30,32)(H,31,35)/t22-,25+/m1/s1. The van der Waals surface area contributed by atoms with Crippen molar-refractivity contribution < 1.29 is 19.1 Å². The van der Waals surface area contributed by atoms with Crippen LogP contribution in [0, 0.1) is 5.41 Å². The molecule has 0 aromatic heterocycles. The molecule has 2 aromatic carbocycles. The number of para-hydroxylation sites is 1. The van der Waals surface area contributed by atoms with Crippen LogP contribution in [0.15, 0.2) is 48.5 Å². The van der Waals surface area contributed by atoms with Crippen molar-refractivity contribution >= 4 is 17.8 Å². The average molecular weight is 507 g/mol. The molecule has 8 heteroatoms. The van der Waals surface area contributed by atoms with E-state index in [9.17, 15) is 9.59 Å². The number of hydrogen-bond acceptors (Lipinski definition) is 5. The Balaban J connectivity index is 1.60. The summed E-state index contributed by atoms with van der Waals surface area (Å²) in [6, 6.07) is 14.3. The maximum atomic E-state index is 13.4. The van der Waals surface area contributed by atoms with E-state index in [4.69, 9.17) is 14.9 Å². The molecular weight excluding hydrogens is 468 g/mol. The predicted octanol–water partition coefficient (Wildman–Crippen LogP) is 4.72. The fourth-order valence-corrected chi connectivity index (χ4v) is 5.42. The quantitative estimate of drug-likeness (QED) is 0.457. The van der Waals surface area contributed by atoms with Crippen LogP contribution in [0.5, 0.6) is 5.75 Å². The van der Waals surface area contributed by atoms with Gasteiger partial charge in [0.05, 0.1) is 18.5 Å². The highest BCUT2D eigenvalue weighted by Gasteiger charge is 2.43. The van der Waals surface area contributed by atoms with Gasteiger partial charge in [0, 0.05) is 30.4 Å². The second-order valence-corrected chi connectivity index (χ2v) is 10.5. The van der Waals surface area contributed by atoms with Crippen LogP contribution in [0.3, 0.4) is 0 Å². The Morgan fingerprint density at radius 1 is 1.22 bits per heavy atom. The van der Waals surface area contributed by atoms with E-state index < -0.39 is 17.2 Å². The number of rotatable bonds is 9. The van der Waals surface area contributed by atoms with Gasteiger partial charge >= 0.3 is 0 Å². The summed E-state index contributed by atoms with van der Waals surface area (Å²) in [5, 5.41) is 15.2. The van der Waals surface area contributed by atoms with Gasteiger partial charge in [-0.1, -0.05) is 44.2 Å². The first-order valence-corrected chi connectivity index (χ1v) is 13.0. The van der Waals surface area contributed by atoms with Crippen LogP contribution in [0.4, 0.5) is 0 Å². The normalized spacial score (nSPS) is 20.6. The van der Waals surface area contributed by atoms with Gasteiger partial charge in [-0.15, -0.1) is 0 Å². The number of carbonyl (C=O) groups is 2. The smallest absolute Gasteiger partial charge is 0.251 e. The van der Waals surface area contributed by atoms with Crippen molar-refractivity contribution in [1.29, 1.82) is 5.41 Å². The first kappa shape index (κ1) is 26.7. The number of fused-ring (bicyclic) bond motifs is 1. The van der Waals surface area contributed by atoms with Crippen LogP contribution in [-0.2, 0) is 9.53 Å². The Morgan fingerprint density at radius 2 is 1.95 bits per heavy atom. The van der Waals surface area contributed by atoms with Gasteiger partial charge in [0.25, 0.3) is 5.91 Å². The fourth-order valence-electron chi connectivity index (χ4n) is 5.42. The van der Waals surface area contributed by atoms with Crippen LogP contribution in [0.25, 0.3) is 0 Å². The van der Waals surface area contributed by atoms with Gasteiger partial charge in [-0.25, -0.2) is 0 Å². The molecule has 37 heavy (non-hydrogen) atoms. The molecule has 2 aliphatic rings. The molecule has 3 N–H and O–H groups in total. The summed E-state index contributed by atoms with van der Waals surface area (Å²) in [6.45, 7) is 8.40. The summed E-state index contributed by atoms with van der Waals surface area (Å²) in [7, 11) is 1.62. The lowest BCUT2D eigenvalue weighted by Crippen LogP contribution is -2.62. The van der Waals surface area contributed by atoms with E-state index in [1.165, 1.54) is 4.90 Å². The van der Waals surface area contributed by atoms with E-state index >= 15 is 0 Å². The van der Waals surface area contributed by atoms with Crippen LogP contribution in [0.1, 0.15) is 86.9 Å². The number of benzene rings is 2. The largest absolute Gasteiger partial charge is 0.485 e. The van der Waals surface area contributed by atoms with E-state index in [-0.39, 0.29) is 23.8 Å². The van der Waals surface area contributed by atoms with Gasteiger partial charge in [0.2, 0.25) is 5.91 Å². The number of nitrogens with one attached hydrogen (secondary N) is 3. The maximum Gasteiger partial charge on any atom is 0.251 e. The minimum atomic E-state index is -0.593. The Morgan fingerprint density at radius 3 is 2.62 bits per heavy atom. The van der Waals surface area contributed by atoms with Crippen molar-refractivity contribution in [2.24, 2.45) is 0 Å². The Kier molecular flexibility index (Phi) is 7.59. The average Bonchev–Trinajstić information content (AvgIpc) is 3.14. The molecule has 1 fully saturated rings. The van der Waals surface area contributed by atoms with E-state index in [0.717, 1.165) is 29.7 Å². The number of amides is 2. The van der Waals surface area contributed by atoms with Gasteiger partial charge in [-0.05, 0) is 56.9 Å².